The summed E-state index contributed by atoms with van der Waals surface area (Å²) in [5, 5.41) is 8.71. The van der Waals surface area contributed by atoms with Crippen LogP contribution in [0.5, 0.6) is 0 Å². The molecule has 1 aliphatic heterocycles. The van der Waals surface area contributed by atoms with Gasteiger partial charge in [-0.25, -0.2) is 8.42 Å². The number of nitrogens with zero attached hydrogens (tertiary/aromatic N) is 1. The SMILES string of the molecule is CC(C)S(=O)(=O)c1ccccc1N1CC[C@H](C(=O)O)[C@H]1C. The van der Waals surface area contributed by atoms with E-state index in [0.29, 0.717) is 18.7 Å². The van der Waals surface area contributed by atoms with E-state index in [0.717, 1.165) is 0 Å². The second-order valence-corrected chi connectivity index (χ2v) is 8.20. The molecule has 0 saturated carbocycles. The summed E-state index contributed by atoms with van der Waals surface area (Å²) in [6.45, 7) is 5.70. The Hall–Kier alpha value is -1.56. The zero-order chi connectivity index (χ0) is 15.8. The quantitative estimate of drug-likeness (QED) is 0.922. The zero-order valence-electron chi connectivity index (χ0n) is 12.5. The lowest BCUT2D eigenvalue weighted by atomic mass is 10.0. The lowest BCUT2D eigenvalue weighted by Gasteiger charge is -2.28. The van der Waals surface area contributed by atoms with Gasteiger partial charge < -0.3 is 10.0 Å². The first-order chi connectivity index (χ1) is 9.76. The van der Waals surface area contributed by atoms with Gasteiger partial charge in [0, 0.05) is 12.6 Å². The summed E-state index contributed by atoms with van der Waals surface area (Å²) in [4.78, 5) is 13.4. The van der Waals surface area contributed by atoms with E-state index in [4.69, 9.17) is 0 Å². The number of benzene rings is 1. The van der Waals surface area contributed by atoms with Gasteiger partial charge in [-0.1, -0.05) is 12.1 Å². The van der Waals surface area contributed by atoms with Gasteiger partial charge in [0.2, 0.25) is 0 Å². The lowest BCUT2D eigenvalue weighted by molar-refractivity contribution is -0.141. The van der Waals surface area contributed by atoms with Gasteiger partial charge in [0.1, 0.15) is 0 Å². The Kier molecular flexibility index (Phi) is 4.27. The van der Waals surface area contributed by atoms with Crippen LogP contribution in [0.4, 0.5) is 5.69 Å². The van der Waals surface area contributed by atoms with Crippen LogP contribution in [0.2, 0.25) is 0 Å². The number of carboxylic acids is 1. The number of carbonyl (C=O) groups is 1. The van der Waals surface area contributed by atoms with Crippen molar-refractivity contribution in [2.45, 2.75) is 43.4 Å². The van der Waals surface area contributed by atoms with Gasteiger partial charge in [-0.05, 0) is 39.3 Å². The number of rotatable bonds is 4. The predicted octanol–water partition coefficient (Wildman–Crippen LogP) is 2.17. The van der Waals surface area contributed by atoms with Gasteiger partial charge in [0.25, 0.3) is 0 Å². The maximum Gasteiger partial charge on any atom is 0.308 e. The number of anilines is 1. The fourth-order valence-electron chi connectivity index (χ4n) is 2.80. The van der Waals surface area contributed by atoms with Crippen molar-refractivity contribution >= 4 is 21.5 Å². The van der Waals surface area contributed by atoms with Crippen molar-refractivity contribution in [3.8, 4) is 0 Å². The Labute approximate surface area is 125 Å². The predicted molar refractivity (Wildman–Crippen MR) is 81.3 cm³/mol. The number of hydrogen-bond acceptors (Lipinski definition) is 4. The van der Waals surface area contributed by atoms with Crippen LogP contribution in [-0.2, 0) is 14.6 Å². The summed E-state index contributed by atoms with van der Waals surface area (Å²) in [5.74, 6) is -1.28. The minimum Gasteiger partial charge on any atom is -0.481 e. The summed E-state index contributed by atoms with van der Waals surface area (Å²) in [7, 11) is -3.40. The molecule has 0 aliphatic carbocycles. The Bertz CT molecular complexity index is 639. The highest BCUT2D eigenvalue weighted by molar-refractivity contribution is 7.92. The van der Waals surface area contributed by atoms with Crippen LogP contribution in [0, 0.1) is 5.92 Å². The summed E-state index contributed by atoms with van der Waals surface area (Å²) in [5.41, 5.74) is 0.613. The van der Waals surface area contributed by atoms with Crippen LogP contribution in [0.3, 0.4) is 0 Å². The Morgan fingerprint density at radius 3 is 2.48 bits per heavy atom. The average molecular weight is 311 g/mol. The monoisotopic (exact) mass is 311 g/mol. The molecule has 1 aromatic rings. The van der Waals surface area contributed by atoms with Crippen LogP contribution in [0.1, 0.15) is 27.2 Å². The van der Waals surface area contributed by atoms with E-state index in [1.54, 1.807) is 38.1 Å². The van der Waals surface area contributed by atoms with Gasteiger partial charge in [0.05, 0.1) is 21.8 Å². The molecule has 1 aromatic carbocycles. The summed E-state index contributed by atoms with van der Waals surface area (Å²) < 4.78 is 25.0. The normalized spacial score (nSPS) is 22.8. The van der Waals surface area contributed by atoms with Crippen molar-refractivity contribution in [1.82, 2.24) is 0 Å². The highest BCUT2D eigenvalue weighted by Gasteiger charge is 2.37. The molecule has 1 fully saturated rings. The highest BCUT2D eigenvalue weighted by atomic mass is 32.2. The third-order valence-corrected chi connectivity index (χ3v) is 6.37. The Balaban J connectivity index is 2.45. The molecule has 0 aromatic heterocycles. The van der Waals surface area contributed by atoms with Crippen molar-refractivity contribution in [3.05, 3.63) is 24.3 Å². The van der Waals surface area contributed by atoms with Crippen LogP contribution in [0.15, 0.2) is 29.2 Å². The number of aliphatic carboxylic acids is 1. The van der Waals surface area contributed by atoms with Crippen LogP contribution in [-0.4, -0.2) is 37.3 Å². The summed E-state index contributed by atoms with van der Waals surface area (Å²) >= 11 is 0. The largest absolute Gasteiger partial charge is 0.481 e. The van der Waals surface area contributed by atoms with E-state index < -0.39 is 27.0 Å². The fourth-order valence-corrected chi connectivity index (χ4v) is 4.05. The van der Waals surface area contributed by atoms with Crippen molar-refractivity contribution in [1.29, 1.82) is 0 Å². The molecule has 0 radical (unpaired) electrons. The molecule has 1 heterocycles. The zero-order valence-corrected chi connectivity index (χ0v) is 13.3. The summed E-state index contributed by atoms with van der Waals surface area (Å²) in [6.07, 6.45) is 0.534. The van der Waals surface area contributed by atoms with Crippen molar-refractivity contribution < 1.29 is 18.3 Å². The van der Waals surface area contributed by atoms with E-state index in [-0.39, 0.29) is 10.9 Å². The molecule has 116 valence electrons. The number of hydrogen-bond donors (Lipinski definition) is 1. The maximum absolute atomic E-state index is 12.5. The first-order valence-corrected chi connectivity index (χ1v) is 8.63. The first kappa shape index (κ1) is 15.8. The third kappa shape index (κ3) is 2.77. The molecule has 1 N–H and O–H groups in total. The molecule has 0 amide bonds. The van der Waals surface area contributed by atoms with Crippen LogP contribution in [0.25, 0.3) is 0 Å². The number of para-hydroxylation sites is 1. The lowest BCUT2D eigenvalue weighted by Crippen LogP contribution is -2.34. The molecular formula is C15H21NO4S. The van der Waals surface area contributed by atoms with Gasteiger partial charge in [-0.2, -0.15) is 0 Å². The van der Waals surface area contributed by atoms with E-state index >= 15 is 0 Å². The minimum absolute atomic E-state index is 0.217. The molecule has 1 saturated heterocycles. The molecule has 0 unspecified atom stereocenters. The molecule has 1 aliphatic rings. The first-order valence-electron chi connectivity index (χ1n) is 7.09. The van der Waals surface area contributed by atoms with E-state index in [2.05, 4.69) is 0 Å². The van der Waals surface area contributed by atoms with E-state index in [1.807, 2.05) is 11.8 Å². The Morgan fingerprint density at radius 2 is 1.95 bits per heavy atom. The van der Waals surface area contributed by atoms with Crippen LogP contribution < -0.4 is 4.90 Å². The van der Waals surface area contributed by atoms with Crippen molar-refractivity contribution in [2.75, 3.05) is 11.4 Å². The van der Waals surface area contributed by atoms with Crippen molar-refractivity contribution in [2.24, 2.45) is 5.92 Å². The molecule has 2 atom stereocenters. The van der Waals surface area contributed by atoms with Gasteiger partial charge in [-0.15, -0.1) is 0 Å². The van der Waals surface area contributed by atoms with E-state index in [1.165, 1.54) is 0 Å². The van der Waals surface area contributed by atoms with Gasteiger partial charge in [0.15, 0.2) is 9.84 Å². The maximum atomic E-state index is 12.5. The molecule has 6 heteroatoms. The van der Waals surface area contributed by atoms with E-state index in [9.17, 15) is 18.3 Å². The topological polar surface area (TPSA) is 74.7 Å². The molecule has 5 nitrogen and oxygen atoms in total. The summed E-state index contributed by atoms with van der Waals surface area (Å²) in [6, 6.07) is 6.64. The third-order valence-electron chi connectivity index (χ3n) is 4.17. The smallest absolute Gasteiger partial charge is 0.308 e. The second-order valence-electron chi connectivity index (χ2n) is 5.73. The highest BCUT2D eigenvalue weighted by Crippen LogP contribution is 2.35. The van der Waals surface area contributed by atoms with Gasteiger partial charge >= 0.3 is 5.97 Å². The van der Waals surface area contributed by atoms with Gasteiger partial charge in [-0.3, -0.25) is 4.79 Å². The minimum atomic E-state index is -3.40. The van der Waals surface area contributed by atoms with Crippen molar-refractivity contribution in [3.63, 3.8) is 0 Å². The molecule has 0 bridgehead atoms. The number of carboxylic acid groups (broad SMARTS) is 1. The average Bonchev–Trinajstić information content (AvgIpc) is 2.80. The Morgan fingerprint density at radius 1 is 1.33 bits per heavy atom. The molecule has 0 spiro atoms. The molecule has 2 rings (SSSR count). The fraction of sp³-hybridized carbons (Fsp3) is 0.533. The van der Waals surface area contributed by atoms with Crippen LogP contribution >= 0.6 is 0 Å². The number of sulfone groups is 1. The molecule has 21 heavy (non-hydrogen) atoms. The standard InChI is InChI=1S/C15H21NO4S/c1-10(2)21(19,20)14-7-5-4-6-13(14)16-9-8-12(11(16)3)15(17)18/h4-7,10-12H,8-9H2,1-3H3,(H,17,18)/t11-,12+/m1/s1. The second kappa shape index (κ2) is 5.67. The molecular weight excluding hydrogens is 290 g/mol.